The van der Waals surface area contributed by atoms with Gasteiger partial charge in [0.1, 0.15) is 10.6 Å². The van der Waals surface area contributed by atoms with Crippen molar-refractivity contribution in [1.82, 2.24) is 14.5 Å². The molecule has 1 aromatic heterocycles. The first kappa shape index (κ1) is 14.9. The maximum Gasteiger partial charge on any atom is 0.247 e. The predicted octanol–water partition coefficient (Wildman–Crippen LogP) is 0.796. The van der Waals surface area contributed by atoms with E-state index in [0.717, 1.165) is 0 Å². The van der Waals surface area contributed by atoms with E-state index in [1.54, 1.807) is 20.8 Å². The first-order valence-corrected chi connectivity index (χ1v) is 7.07. The summed E-state index contributed by atoms with van der Waals surface area (Å²) in [4.78, 5) is 0.0561. The van der Waals surface area contributed by atoms with Crippen molar-refractivity contribution in [1.29, 1.82) is 0 Å². The van der Waals surface area contributed by atoms with Crippen LogP contribution < -0.4 is 0 Å². The first-order valence-electron chi connectivity index (χ1n) is 5.63. The molecule has 18 heavy (non-hydrogen) atoms. The number of rotatable bonds is 6. The molecule has 0 aliphatic heterocycles. The van der Waals surface area contributed by atoms with Gasteiger partial charge in [-0.25, -0.2) is 8.42 Å². The van der Waals surface area contributed by atoms with Crippen LogP contribution in [0.5, 0.6) is 0 Å². The van der Waals surface area contributed by atoms with Gasteiger partial charge in [0.15, 0.2) is 0 Å². The van der Waals surface area contributed by atoms with Crippen LogP contribution in [0, 0.1) is 6.92 Å². The van der Waals surface area contributed by atoms with Crippen LogP contribution >= 0.6 is 0 Å². The summed E-state index contributed by atoms with van der Waals surface area (Å²) in [6.07, 6.45) is 1.53. The smallest absolute Gasteiger partial charge is 0.247 e. The minimum atomic E-state index is -3.68. The van der Waals surface area contributed by atoms with Gasteiger partial charge in [-0.3, -0.25) is 5.10 Å². The van der Waals surface area contributed by atoms with E-state index in [2.05, 4.69) is 16.8 Å². The Kier molecular flexibility index (Phi) is 4.66. The van der Waals surface area contributed by atoms with E-state index < -0.39 is 16.6 Å². The highest BCUT2D eigenvalue weighted by atomic mass is 32.2. The standard InChI is InChI=1S/C11H19N3O3S/c1-5-6-14(8(2)3)18(16,17)11-9(4)12-13-10(11)7-15/h5,8,15H,1,6-7H2,2-4H3,(H,12,13). The molecule has 0 aromatic carbocycles. The summed E-state index contributed by atoms with van der Waals surface area (Å²) in [5.41, 5.74) is 0.566. The van der Waals surface area contributed by atoms with Gasteiger partial charge in [0.25, 0.3) is 0 Å². The summed E-state index contributed by atoms with van der Waals surface area (Å²) in [6, 6.07) is -0.200. The largest absolute Gasteiger partial charge is 0.390 e. The van der Waals surface area contributed by atoms with Crippen molar-refractivity contribution in [3.05, 3.63) is 24.0 Å². The maximum absolute atomic E-state index is 12.5. The molecule has 0 unspecified atom stereocenters. The van der Waals surface area contributed by atoms with Gasteiger partial charge in [0.2, 0.25) is 10.0 Å². The fourth-order valence-electron chi connectivity index (χ4n) is 1.75. The summed E-state index contributed by atoms with van der Waals surface area (Å²) < 4.78 is 26.4. The first-order chi connectivity index (χ1) is 8.36. The molecule has 1 heterocycles. The summed E-state index contributed by atoms with van der Waals surface area (Å²) in [5, 5.41) is 15.5. The SMILES string of the molecule is C=CCN(C(C)C)S(=O)(=O)c1c(CO)n[nH]c1C. The highest BCUT2D eigenvalue weighted by Crippen LogP contribution is 2.23. The molecule has 0 bridgehead atoms. The Bertz CT molecular complexity index is 520. The van der Waals surface area contributed by atoms with Gasteiger partial charge in [0.05, 0.1) is 12.3 Å². The number of sulfonamides is 1. The van der Waals surface area contributed by atoms with Crippen molar-refractivity contribution < 1.29 is 13.5 Å². The zero-order chi connectivity index (χ0) is 13.9. The summed E-state index contributed by atoms with van der Waals surface area (Å²) in [6.45, 7) is 8.55. The molecule has 0 saturated heterocycles. The van der Waals surface area contributed by atoms with Crippen LogP contribution in [-0.2, 0) is 16.6 Å². The topological polar surface area (TPSA) is 86.3 Å². The van der Waals surface area contributed by atoms with Crippen LogP contribution in [0.2, 0.25) is 0 Å². The molecule has 0 aliphatic carbocycles. The molecule has 0 radical (unpaired) electrons. The Hall–Kier alpha value is -1.18. The van der Waals surface area contributed by atoms with Gasteiger partial charge in [-0.1, -0.05) is 6.08 Å². The molecule has 0 amide bonds. The Morgan fingerprint density at radius 1 is 1.56 bits per heavy atom. The number of aromatic amines is 1. The number of hydrogen-bond donors (Lipinski definition) is 2. The number of hydrogen-bond acceptors (Lipinski definition) is 4. The molecular weight excluding hydrogens is 254 g/mol. The molecule has 2 N–H and O–H groups in total. The van der Waals surface area contributed by atoms with Gasteiger partial charge in [0, 0.05) is 12.6 Å². The van der Waals surface area contributed by atoms with Gasteiger partial charge < -0.3 is 5.11 Å². The fourth-order valence-corrected chi connectivity index (χ4v) is 3.68. The van der Waals surface area contributed by atoms with Gasteiger partial charge in [-0.05, 0) is 20.8 Å². The second-order valence-electron chi connectivity index (χ2n) is 4.24. The van der Waals surface area contributed by atoms with Crippen molar-refractivity contribution in [3.63, 3.8) is 0 Å². The number of H-pyrrole nitrogens is 1. The highest BCUT2D eigenvalue weighted by Gasteiger charge is 2.31. The fraction of sp³-hybridized carbons (Fsp3) is 0.545. The number of nitrogens with one attached hydrogen (secondary N) is 1. The second-order valence-corrected chi connectivity index (χ2v) is 6.07. The quantitative estimate of drug-likeness (QED) is 0.750. The molecule has 0 spiro atoms. The Morgan fingerprint density at radius 2 is 2.17 bits per heavy atom. The molecule has 0 aliphatic rings. The highest BCUT2D eigenvalue weighted by molar-refractivity contribution is 7.89. The number of aliphatic hydroxyl groups is 1. The summed E-state index contributed by atoms with van der Waals surface area (Å²) >= 11 is 0. The van der Waals surface area contributed by atoms with Gasteiger partial charge in [-0.15, -0.1) is 6.58 Å². The second kappa shape index (κ2) is 5.64. The van der Waals surface area contributed by atoms with Crippen LogP contribution in [0.15, 0.2) is 17.6 Å². The molecule has 1 aromatic rings. The third kappa shape index (κ3) is 2.63. The molecule has 0 atom stereocenters. The lowest BCUT2D eigenvalue weighted by molar-refractivity contribution is 0.272. The number of nitrogens with zero attached hydrogens (tertiary/aromatic N) is 2. The van der Waals surface area contributed by atoms with Gasteiger partial charge >= 0.3 is 0 Å². The summed E-state index contributed by atoms with van der Waals surface area (Å²) in [5.74, 6) is 0. The van der Waals surface area contributed by atoms with E-state index >= 15 is 0 Å². The molecule has 0 saturated carbocycles. The summed E-state index contributed by atoms with van der Waals surface area (Å²) in [7, 11) is -3.68. The van der Waals surface area contributed by atoms with Crippen LogP contribution in [0.4, 0.5) is 0 Å². The molecule has 0 fully saturated rings. The van der Waals surface area contributed by atoms with E-state index in [1.165, 1.54) is 10.4 Å². The van der Waals surface area contributed by atoms with Crippen LogP contribution in [0.1, 0.15) is 25.2 Å². The molecule has 6 nitrogen and oxygen atoms in total. The maximum atomic E-state index is 12.5. The normalized spacial score (nSPS) is 12.3. The Balaban J connectivity index is 3.34. The lowest BCUT2D eigenvalue weighted by Crippen LogP contribution is -2.37. The minimum absolute atomic E-state index is 0.0561. The monoisotopic (exact) mass is 273 g/mol. The Morgan fingerprint density at radius 3 is 2.61 bits per heavy atom. The average molecular weight is 273 g/mol. The zero-order valence-corrected chi connectivity index (χ0v) is 11.7. The van der Waals surface area contributed by atoms with Crippen LogP contribution in [-0.4, -0.2) is 40.6 Å². The van der Waals surface area contributed by atoms with Crippen molar-refractivity contribution in [3.8, 4) is 0 Å². The predicted molar refractivity (Wildman–Crippen MR) is 68.5 cm³/mol. The minimum Gasteiger partial charge on any atom is -0.390 e. The van der Waals surface area contributed by atoms with E-state index in [9.17, 15) is 8.42 Å². The average Bonchev–Trinajstić information content (AvgIpc) is 2.67. The van der Waals surface area contributed by atoms with Crippen molar-refractivity contribution in [2.45, 2.75) is 38.3 Å². The zero-order valence-electron chi connectivity index (χ0n) is 10.8. The third-order valence-corrected chi connectivity index (χ3v) is 4.81. The van der Waals surface area contributed by atoms with Crippen molar-refractivity contribution in [2.75, 3.05) is 6.54 Å². The lowest BCUT2D eigenvalue weighted by atomic mass is 10.4. The molecular formula is C11H19N3O3S. The third-order valence-electron chi connectivity index (χ3n) is 2.56. The van der Waals surface area contributed by atoms with E-state index in [1.807, 2.05) is 0 Å². The van der Waals surface area contributed by atoms with E-state index in [-0.39, 0.29) is 23.2 Å². The van der Waals surface area contributed by atoms with Crippen LogP contribution in [0.3, 0.4) is 0 Å². The Labute approximate surface area is 107 Å². The lowest BCUT2D eigenvalue weighted by Gasteiger charge is -2.24. The molecule has 1 rings (SSSR count). The van der Waals surface area contributed by atoms with E-state index in [0.29, 0.717) is 5.69 Å². The number of aromatic nitrogens is 2. The van der Waals surface area contributed by atoms with Crippen molar-refractivity contribution in [2.24, 2.45) is 0 Å². The van der Waals surface area contributed by atoms with Gasteiger partial charge in [-0.2, -0.15) is 9.40 Å². The van der Waals surface area contributed by atoms with Crippen molar-refractivity contribution >= 4 is 10.0 Å². The molecule has 7 heteroatoms. The number of aryl methyl sites for hydroxylation is 1. The number of aliphatic hydroxyl groups excluding tert-OH is 1. The molecule has 102 valence electrons. The van der Waals surface area contributed by atoms with E-state index in [4.69, 9.17) is 5.11 Å². The van der Waals surface area contributed by atoms with Crippen LogP contribution in [0.25, 0.3) is 0 Å².